The molecule has 0 bridgehead atoms. The minimum absolute atomic E-state index is 0.226. The van der Waals surface area contributed by atoms with Crippen LogP contribution in [0.2, 0.25) is 0 Å². The van der Waals surface area contributed by atoms with Gasteiger partial charge < -0.3 is 9.47 Å². The fourth-order valence-electron chi connectivity index (χ4n) is 2.35. The Morgan fingerprint density at radius 2 is 1.85 bits per heavy atom. The predicted molar refractivity (Wildman–Crippen MR) is 98.6 cm³/mol. The van der Waals surface area contributed by atoms with Gasteiger partial charge in [-0.3, -0.25) is 0 Å². The second-order valence-electron chi connectivity index (χ2n) is 5.38. The summed E-state index contributed by atoms with van der Waals surface area (Å²) in [6, 6.07) is 17.5. The number of hydrogen-bond donors (Lipinski definition) is 0. The number of rotatable bonds is 7. The lowest BCUT2D eigenvalue weighted by atomic mass is 10.2. The summed E-state index contributed by atoms with van der Waals surface area (Å²) in [5, 5.41) is 8.87. The van der Waals surface area contributed by atoms with Crippen molar-refractivity contribution in [1.29, 1.82) is 0 Å². The number of ether oxygens (including phenoxy) is 2. The Morgan fingerprint density at radius 1 is 1.12 bits per heavy atom. The smallest absolute Gasteiger partial charge is 0.361 e. The van der Waals surface area contributed by atoms with Crippen LogP contribution < -0.4 is 4.74 Å². The predicted octanol–water partition coefficient (Wildman–Crippen LogP) is 3.66. The molecule has 0 N–H and O–H groups in total. The molecular weight excluding hydrogens is 350 g/mol. The van der Waals surface area contributed by atoms with Gasteiger partial charge in [0.2, 0.25) is 5.69 Å². The molecule has 26 heavy (non-hydrogen) atoms. The summed E-state index contributed by atoms with van der Waals surface area (Å²) in [7, 11) is 1.62. The summed E-state index contributed by atoms with van der Waals surface area (Å²) in [6.45, 7) is 2.57. The minimum atomic E-state index is -0.470. The van der Waals surface area contributed by atoms with Crippen LogP contribution in [0.15, 0.2) is 64.5 Å². The molecule has 0 aliphatic rings. The summed E-state index contributed by atoms with van der Waals surface area (Å²) in [6.07, 6.45) is 0. The number of benzene rings is 2. The van der Waals surface area contributed by atoms with Crippen molar-refractivity contribution in [2.45, 2.75) is 23.4 Å². The molecule has 3 rings (SSSR count). The number of esters is 1. The number of methoxy groups -OCH3 is 1. The first-order chi connectivity index (χ1) is 12.7. The van der Waals surface area contributed by atoms with Gasteiger partial charge in [-0.2, -0.15) is 0 Å². The molecule has 134 valence electrons. The molecule has 0 spiro atoms. The first-order valence-corrected chi connectivity index (χ1v) is 8.99. The highest BCUT2D eigenvalue weighted by atomic mass is 32.2. The monoisotopic (exact) mass is 369 g/mol. The van der Waals surface area contributed by atoms with E-state index in [-0.39, 0.29) is 12.3 Å². The molecule has 0 fully saturated rings. The van der Waals surface area contributed by atoms with Gasteiger partial charge in [-0.05, 0) is 36.8 Å². The molecule has 3 aromatic rings. The van der Waals surface area contributed by atoms with Crippen LogP contribution in [-0.4, -0.2) is 34.7 Å². The summed E-state index contributed by atoms with van der Waals surface area (Å²) in [5.74, 6) is 0.304. The van der Waals surface area contributed by atoms with Crippen LogP contribution in [0, 0.1) is 0 Å². The van der Waals surface area contributed by atoms with Crippen LogP contribution >= 0.6 is 11.8 Å². The van der Waals surface area contributed by atoms with Gasteiger partial charge in [0.15, 0.2) is 0 Å². The number of nitrogens with zero attached hydrogens (tertiary/aromatic N) is 3. The average Bonchev–Trinajstić information content (AvgIpc) is 3.06. The SMILES string of the molecule is CCOC(=O)c1nnn(Cc2ccccc2)c1Sc1ccc(OC)cc1. The van der Waals surface area contributed by atoms with Gasteiger partial charge in [-0.1, -0.05) is 47.3 Å². The van der Waals surface area contributed by atoms with E-state index in [1.165, 1.54) is 11.8 Å². The Balaban J connectivity index is 1.92. The van der Waals surface area contributed by atoms with E-state index in [1.54, 1.807) is 18.7 Å². The maximum Gasteiger partial charge on any atom is 0.361 e. The van der Waals surface area contributed by atoms with Gasteiger partial charge in [-0.25, -0.2) is 9.48 Å². The van der Waals surface area contributed by atoms with Gasteiger partial charge in [0.25, 0.3) is 0 Å². The molecule has 0 aliphatic carbocycles. The Bertz CT molecular complexity index is 863. The van der Waals surface area contributed by atoms with Crippen LogP contribution in [0.5, 0.6) is 5.75 Å². The van der Waals surface area contributed by atoms with Crippen molar-refractivity contribution in [3.8, 4) is 5.75 Å². The van der Waals surface area contributed by atoms with Gasteiger partial charge >= 0.3 is 5.97 Å². The van der Waals surface area contributed by atoms with Gasteiger partial charge in [0.1, 0.15) is 10.8 Å². The number of carbonyl (C=O) groups is 1. The van der Waals surface area contributed by atoms with Crippen LogP contribution in [0.4, 0.5) is 0 Å². The van der Waals surface area contributed by atoms with E-state index in [0.717, 1.165) is 16.2 Å². The second kappa shape index (κ2) is 8.53. The topological polar surface area (TPSA) is 66.2 Å². The van der Waals surface area contributed by atoms with Crippen molar-refractivity contribution in [3.63, 3.8) is 0 Å². The summed E-state index contributed by atoms with van der Waals surface area (Å²) in [4.78, 5) is 13.2. The lowest BCUT2D eigenvalue weighted by Gasteiger charge is -2.08. The minimum Gasteiger partial charge on any atom is -0.497 e. The molecule has 0 saturated carbocycles. The van der Waals surface area contributed by atoms with Crippen LogP contribution in [-0.2, 0) is 11.3 Å². The first kappa shape index (κ1) is 18.0. The third-order valence-electron chi connectivity index (χ3n) is 3.61. The Morgan fingerprint density at radius 3 is 2.50 bits per heavy atom. The van der Waals surface area contributed by atoms with E-state index in [2.05, 4.69) is 10.3 Å². The average molecular weight is 369 g/mol. The van der Waals surface area contributed by atoms with E-state index < -0.39 is 5.97 Å². The van der Waals surface area contributed by atoms with Crippen molar-refractivity contribution < 1.29 is 14.3 Å². The molecule has 0 atom stereocenters. The molecule has 7 heteroatoms. The molecule has 1 heterocycles. The summed E-state index contributed by atoms with van der Waals surface area (Å²) in [5.41, 5.74) is 1.30. The maximum absolute atomic E-state index is 12.3. The fourth-order valence-corrected chi connectivity index (χ4v) is 3.27. The van der Waals surface area contributed by atoms with Crippen LogP contribution in [0.1, 0.15) is 23.0 Å². The van der Waals surface area contributed by atoms with E-state index >= 15 is 0 Å². The van der Waals surface area contributed by atoms with Crippen LogP contribution in [0.25, 0.3) is 0 Å². The zero-order valence-electron chi connectivity index (χ0n) is 14.6. The van der Waals surface area contributed by atoms with E-state index in [4.69, 9.17) is 9.47 Å². The second-order valence-corrected chi connectivity index (χ2v) is 6.45. The number of carbonyl (C=O) groups excluding carboxylic acids is 1. The largest absolute Gasteiger partial charge is 0.497 e. The first-order valence-electron chi connectivity index (χ1n) is 8.17. The maximum atomic E-state index is 12.3. The zero-order chi connectivity index (χ0) is 18.4. The highest BCUT2D eigenvalue weighted by Gasteiger charge is 2.22. The van der Waals surface area contributed by atoms with E-state index in [1.807, 2.05) is 54.6 Å². The van der Waals surface area contributed by atoms with E-state index in [0.29, 0.717) is 11.6 Å². The van der Waals surface area contributed by atoms with Gasteiger partial charge in [0, 0.05) is 4.90 Å². The molecule has 0 unspecified atom stereocenters. The molecule has 0 aliphatic heterocycles. The molecule has 0 saturated heterocycles. The van der Waals surface area contributed by atoms with Gasteiger partial charge in [0.05, 0.1) is 20.3 Å². The van der Waals surface area contributed by atoms with Crippen molar-refractivity contribution in [3.05, 3.63) is 65.9 Å². The van der Waals surface area contributed by atoms with Gasteiger partial charge in [-0.15, -0.1) is 5.10 Å². The molecule has 1 aromatic heterocycles. The quantitative estimate of drug-likeness (QED) is 0.592. The summed E-state index contributed by atoms with van der Waals surface area (Å²) >= 11 is 1.42. The molecule has 0 radical (unpaired) electrons. The highest BCUT2D eigenvalue weighted by Crippen LogP contribution is 2.31. The zero-order valence-corrected chi connectivity index (χ0v) is 15.4. The lowest BCUT2D eigenvalue weighted by molar-refractivity contribution is 0.0515. The van der Waals surface area contributed by atoms with Crippen molar-refractivity contribution in [2.75, 3.05) is 13.7 Å². The number of aromatic nitrogens is 3. The summed E-state index contributed by atoms with van der Waals surface area (Å²) < 4.78 is 12.0. The Hall–Kier alpha value is -2.80. The molecule has 0 amide bonds. The molecule has 6 nitrogen and oxygen atoms in total. The van der Waals surface area contributed by atoms with Crippen molar-refractivity contribution >= 4 is 17.7 Å². The molecule has 2 aromatic carbocycles. The number of hydrogen-bond acceptors (Lipinski definition) is 6. The normalized spacial score (nSPS) is 10.5. The third-order valence-corrected chi connectivity index (χ3v) is 4.71. The van der Waals surface area contributed by atoms with Crippen molar-refractivity contribution in [1.82, 2.24) is 15.0 Å². The standard InChI is InChI=1S/C19H19N3O3S/c1-3-25-19(23)17-18(26-16-11-9-15(24-2)10-12-16)22(21-20-17)13-14-7-5-4-6-8-14/h4-12H,3,13H2,1-2H3. The van der Waals surface area contributed by atoms with Crippen molar-refractivity contribution in [2.24, 2.45) is 0 Å². The highest BCUT2D eigenvalue weighted by molar-refractivity contribution is 7.99. The fraction of sp³-hybridized carbons (Fsp3) is 0.211. The Kier molecular flexibility index (Phi) is 5.91. The third kappa shape index (κ3) is 4.23. The Labute approximate surface area is 156 Å². The van der Waals surface area contributed by atoms with E-state index in [9.17, 15) is 4.79 Å². The van der Waals surface area contributed by atoms with Crippen LogP contribution in [0.3, 0.4) is 0 Å². The molecular formula is C19H19N3O3S. The lowest BCUT2D eigenvalue weighted by Crippen LogP contribution is -2.08.